The predicted octanol–water partition coefficient (Wildman–Crippen LogP) is 4.93. The molecule has 30 heavy (non-hydrogen) atoms. The number of carbonyl (C=O) groups excluding carboxylic acids is 1. The van der Waals surface area contributed by atoms with Gasteiger partial charge in [-0.25, -0.2) is 4.39 Å². The van der Waals surface area contributed by atoms with Crippen LogP contribution in [0.25, 0.3) is 0 Å². The first kappa shape index (κ1) is 22.1. The minimum Gasteiger partial charge on any atom is -0.308 e. The summed E-state index contributed by atoms with van der Waals surface area (Å²) in [7, 11) is 0. The Labute approximate surface area is 178 Å². The number of anilines is 1. The molecule has 0 aliphatic heterocycles. The topological polar surface area (TPSA) is 64.7 Å². The molecular weight excluding hydrogens is 449 g/mol. The Kier molecular flexibility index (Phi) is 6.37. The van der Waals surface area contributed by atoms with Gasteiger partial charge in [-0.1, -0.05) is 35.3 Å². The Morgan fingerprint density at radius 3 is 2.43 bits per heavy atom. The SMILES string of the molecule is Cc1c(Cl)c(C(F)(F)F)nn1CCC(=O)Nc1nn(Cc2ccc(F)cc2)cc1Cl. The number of hydrogen-bond acceptors (Lipinski definition) is 3. The monoisotopic (exact) mass is 463 g/mol. The molecule has 0 saturated heterocycles. The standard InChI is InChI=1S/C18H15Cl2F4N5O/c1-10-15(20)16(18(22,23)24)26-29(10)7-6-14(30)25-17-13(19)9-28(27-17)8-11-2-4-12(21)5-3-11/h2-5,9H,6-8H2,1H3,(H,25,27,30). The number of benzene rings is 1. The summed E-state index contributed by atoms with van der Waals surface area (Å²) in [4.78, 5) is 12.2. The third kappa shape index (κ3) is 5.11. The van der Waals surface area contributed by atoms with Crippen LogP contribution in [0.5, 0.6) is 0 Å². The van der Waals surface area contributed by atoms with Crippen LogP contribution in [0.1, 0.15) is 23.4 Å². The Hall–Kier alpha value is -2.59. The van der Waals surface area contributed by atoms with Crippen molar-refractivity contribution in [3.8, 4) is 0 Å². The van der Waals surface area contributed by atoms with Crippen LogP contribution in [0, 0.1) is 12.7 Å². The highest BCUT2D eigenvalue weighted by Crippen LogP contribution is 2.35. The number of rotatable bonds is 6. The van der Waals surface area contributed by atoms with Crippen LogP contribution in [0.3, 0.4) is 0 Å². The van der Waals surface area contributed by atoms with E-state index in [-0.39, 0.29) is 35.3 Å². The minimum absolute atomic E-state index is 0.106. The van der Waals surface area contributed by atoms with Crippen molar-refractivity contribution in [1.82, 2.24) is 19.6 Å². The van der Waals surface area contributed by atoms with E-state index in [4.69, 9.17) is 23.2 Å². The van der Waals surface area contributed by atoms with Crippen LogP contribution in [0.2, 0.25) is 10.0 Å². The zero-order chi connectivity index (χ0) is 22.1. The quantitative estimate of drug-likeness (QED) is 0.527. The fourth-order valence-corrected chi connectivity index (χ4v) is 3.10. The van der Waals surface area contributed by atoms with Crippen LogP contribution >= 0.6 is 23.2 Å². The summed E-state index contributed by atoms with van der Waals surface area (Å²) in [5, 5.41) is 9.80. The highest BCUT2D eigenvalue weighted by Gasteiger charge is 2.38. The van der Waals surface area contributed by atoms with Crippen molar-refractivity contribution in [3.05, 3.63) is 63.3 Å². The smallest absolute Gasteiger partial charge is 0.308 e. The maximum Gasteiger partial charge on any atom is 0.436 e. The van der Waals surface area contributed by atoms with Gasteiger partial charge in [-0.15, -0.1) is 0 Å². The van der Waals surface area contributed by atoms with Gasteiger partial charge >= 0.3 is 6.18 Å². The Balaban J connectivity index is 1.62. The first-order valence-corrected chi connectivity index (χ1v) is 9.37. The lowest BCUT2D eigenvalue weighted by atomic mass is 10.2. The second-order valence-corrected chi connectivity index (χ2v) is 7.20. The lowest BCUT2D eigenvalue weighted by molar-refractivity contribution is -0.141. The van der Waals surface area contributed by atoms with Crippen molar-refractivity contribution in [2.75, 3.05) is 5.32 Å². The van der Waals surface area contributed by atoms with Gasteiger partial charge in [-0.3, -0.25) is 14.2 Å². The number of hydrogen-bond donors (Lipinski definition) is 1. The Morgan fingerprint density at radius 2 is 1.83 bits per heavy atom. The van der Waals surface area contributed by atoms with Gasteiger partial charge in [0, 0.05) is 12.6 Å². The average Bonchev–Trinajstić information content (AvgIpc) is 3.15. The minimum atomic E-state index is -4.68. The van der Waals surface area contributed by atoms with E-state index in [0.717, 1.165) is 10.2 Å². The number of carbonyl (C=O) groups is 1. The molecule has 160 valence electrons. The van der Waals surface area contributed by atoms with Gasteiger partial charge < -0.3 is 5.32 Å². The summed E-state index contributed by atoms with van der Waals surface area (Å²) >= 11 is 11.8. The van der Waals surface area contributed by atoms with Gasteiger partial charge in [0.1, 0.15) is 10.8 Å². The largest absolute Gasteiger partial charge is 0.436 e. The van der Waals surface area contributed by atoms with Crippen molar-refractivity contribution in [1.29, 1.82) is 0 Å². The van der Waals surface area contributed by atoms with Gasteiger partial charge in [0.05, 0.1) is 23.8 Å². The number of nitrogens with one attached hydrogen (secondary N) is 1. The van der Waals surface area contributed by atoms with Crippen LogP contribution in [0.4, 0.5) is 23.4 Å². The maximum absolute atomic E-state index is 13.0. The van der Waals surface area contributed by atoms with E-state index < -0.39 is 22.8 Å². The summed E-state index contributed by atoms with van der Waals surface area (Å²) in [6, 6.07) is 5.82. The molecule has 0 radical (unpaired) electrons. The summed E-state index contributed by atoms with van der Waals surface area (Å²) in [6.45, 7) is 1.58. The second kappa shape index (κ2) is 8.65. The summed E-state index contributed by atoms with van der Waals surface area (Å²) in [5.41, 5.74) is -0.303. The molecule has 0 aliphatic carbocycles. The fourth-order valence-electron chi connectivity index (χ4n) is 2.66. The second-order valence-electron chi connectivity index (χ2n) is 6.42. The number of nitrogens with zero attached hydrogens (tertiary/aromatic N) is 4. The molecule has 2 aromatic heterocycles. The number of halogens is 6. The van der Waals surface area contributed by atoms with E-state index in [9.17, 15) is 22.4 Å². The molecule has 1 N–H and O–H groups in total. The molecular formula is C18H15Cl2F4N5O. The average molecular weight is 464 g/mol. The van der Waals surface area contributed by atoms with Gasteiger partial charge in [0.15, 0.2) is 11.5 Å². The number of aryl methyl sites for hydroxylation is 1. The lowest BCUT2D eigenvalue weighted by Crippen LogP contribution is -2.17. The van der Waals surface area contributed by atoms with E-state index >= 15 is 0 Å². The first-order chi connectivity index (χ1) is 14.0. The third-order valence-corrected chi connectivity index (χ3v) is 4.91. The summed E-state index contributed by atoms with van der Waals surface area (Å²) in [5.74, 6) is -0.764. The number of aromatic nitrogens is 4. The molecule has 6 nitrogen and oxygen atoms in total. The van der Waals surface area contributed by atoms with E-state index in [0.29, 0.717) is 6.54 Å². The van der Waals surface area contributed by atoms with Crippen molar-refractivity contribution < 1.29 is 22.4 Å². The molecule has 2 heterocycles. The maximum atomic E-state index is 13.0. The lowest BCUT2D eigenvalue weighted by Gasteiger charge is -2.05. The molecule has 3 aromatic rings. The van der Waals surface area contributed by atoms with Crippen molar-refractivity contribution in [2.24, 2.45) is 0 Å². The molecule has 0 unspecified atom stereocenters. The molecule has 3 rings (SSSR count). The Bertz CT molecular complexity index is 1060. The van der Waals surface area contributed by atoms with E-state index in [1.165, 1.54) is 29.9 Å². The first-order valence-electron chi connectivity index (χ1n) is 8.62. The van der Waals surface area contributed by atoms with Gasteiger partial charge in [-0.2, -0.15) is 23.4 Å². The highest BCUT2D eigenvalue weighted by molar-refractivity contribution is 6.33. The van der Waals surface area contributed by atoms with E-state index in [1.807, 2.05) is 0 Å². The van der Waals surface area contributed by atoms with Gasteiger partial charge in [-0.05, 0) is 24.6 Å². The third-order valence-electron chi connectivity index (χ3n) is 4.19. The zero-order valence-electron chi connectivity index (χ0n) is 15.5. The van der Waals surface area contributed by atoms with Crippen LogP contribution in [0.15, 0.2) is 30.5 Å². The normalized spacial score (nSPS) is 11.7. The van der Waals surface area contributed by atoms with Gasteiger partial charge in [0.25, 0.3) is 0 Å². The molecule has 12 heteroatoms. The Morgan fingerprint density at radius 1 is 1.17 bits per heavy atom. The highest BCUT2D eigenvalue weighted by atomic mass is 35.5. The molecule has 0 bridgehead atoms. The van der Waals surface area contributed by atoms with Crippen LogP contribution < -0.4 is 5.32 Å². The van der Waals surface area contributed by atoms with Crippen molar-refractivity contribution in [2.45, 2.75) is 32.6 Å². The molecule has 0 atom stereocenters. The van der Waals surface area contributed by atoms with Crippen molar-refractivity contribution >= 4 is 34.9 Å². The molecule has 1 aromatic carbocycles. The van der Waals surface area contributed by atoms with Crippen LogP contribution in [-0.2, 0) is 24.1 Å². The zero-order valence-corrected chi connectivity index (χ0v) is 17.0. The fraction of sp³-hybridized carbons (Fsp3) is 0.278. The van der Waals surface area contributed by atoms with Gasteiger partial charge in [0.2, 0.25) is 5.91 Å². The molecule has 1 amide bonds. The predicted molar refractivity (Wildman–Crippen MR) is 103 cm³/mol. The number of alkyl halides is 3. The van der Waals surface area contributed by atoms with E-state index in [2.05, 4.69) is 15.5 Å². The summed E-state index contributed by atoms with van der Waals surface area (Å²) < 4.78 is 54.1. The molecule has 0 spiro atoms. The molecule has 0 aliphatic rings. The molecule has 0 fully saturated rings. The summed E-state index contributed by atoms with van der Waals surface area (Å²) in [6.07, 6.45) is -3.36. The van der Waals surface area contributed by atoms with Crippen LogP contribution in [-0.4, -0.2) is 25.5 Å². The van der Waals surface area contributed by atoms with Crippen molar-refractivity contribution in [3.63, 3.8) is 0 Å². The number of amides is 1. The van der Waals surface area contributed by atoms with E-state index in [1.54, 1.807) is 12.1 Å². The molecule has 0 saturated carbocycles.